The molecule has 2 unspecified atom stereocenters. The third-order valence-corrected chi connectivity index (χ3v) is 5.86. The second-order valence-electron chi connectivity index (χ2n) is 7.74. The lowest BCUT2D eigenvalue weighted by atomic mass is 10.2. The molecule has 4 rings (SSSR count). The minimum atomic E-state index is -0.214. The van der Waals surface area contributed by atoms with Crippen LogP contribution in [0.1, 0.15) is 12.0 Å². The molecule has 1 saturated heterocycles. The molecule has 2 aromatic rings. The first-order valence-corrected chi connectivity index (χ1v) is 10.1. The van der Waals surface area contributed by atoms with Gasteiger partial charge in [0, 0.05) is 31.9 Å². The van der Waals surface area contributed by atoms with Crippen LogP contribution >= 0.6 is 0 Å². The number of para-hydroxylation sites is 3. The topological polar surface area (TPSA) is 61.9 Å². The maximum absolute atomic E-state index is 12.9. The van der Waals surface area contributed by atoms with Crippen LogP contribution in [0.15, 0.2) is 48.5 Å². The van der Waals surface area contributed by atoms with E-state index in [0.29, 0.717) is 19.5 Å². The summed E-state index contributed by atoms with van der Waals surface area (Å²) in [6.45, 7) is 4.82. The number of amides is 2. The van der Waals surface area contributed by atoms with Crippen molar-refractivity contribution in [2.24, 2.45) is 11.8 Å². The summed E-state index contributed by atoms with van der Waals surface area (Å²) in [6.07, 6.45) is 0.642. The highest BCUT2D eigenvalue weighted by atomic mass is 16.5. The van der Waals surface area contributed by atoms with Crippen molar-refractivity contribution in [3.8, 4) is 5.75 Å². The molecule has 1 heterocycles. The van der Waals surface area contributed by atoms with E-state index in [-0.39, 0.29) is 23.7 Å². The van der Waals surface area contributed by atoms with Crippen molar-refractivity contribution in [1.29, 1.82) is 0 Å². The van der Waals surface area contributed by atoms with E-state index in [1.807, 2.05) is 60.4 Å². The van der Waals surface area contributed by atoms with E-state index in [0.717, 1.165) is 35.8 Å². The quantitative estimate of drug-likeness (QED) is 0.849. The van der Waals surface area contributed by atoms with Gasteiger partial charge in [0.05, 0.1) is 24.6 Å². The number of nitrogens with one attached hydrogen (secondary N) is 1. The molecule has 0 bridgehead atoms. The van der Waals surface area contributed by atoms with Crippen LogP contribution in [0.2, 0.25) is 0 Å². The number of anilines is 2. The van der Waals surface area contributed by atoms with Gasteiger partial charge in [-0.3, -0.25) is 9.59 Å². The number of nitrogens with zero attached hydrogens (tertiary/aromatic N) is 2. The largest absolute Gasteiger partial charge is 0.495 e. The molecule has 2 amide bonds. The van der Waals surface area contributed by atoms with Crippen molar-refractivity contribution >= 4 is 23.2 Å². The molecule has 6 nitrogen and oxygen atoms in total. The Morgan fingerprint density at radius 2 is 1.66 bits per heavy atom. The Morgan fingerprint density at radius 1 is 0.966 bits per heavy atom. The summed E-state index contributed by atoms with van der Waals surface area (Å²) in [5.41, 5.74) is 2.90. The van der Waals surface area contributed by atoms with Crippen molar-refractivity contribution in [2.45, 2.75) is 13.3 Å². The van der Waals surface area contributed by atoms with Crippen LogP contribution in [0, 0.1) is 18.8 Å². The van der Waals surface area contributed by atoms with E-state index < -0.39 is 0 Å². The zero-order chi connectivity index (χ0) is 20.4. The SMILES string of the molecule is COc1ccccc1N1CCN(C(=O)C2CC2C(=O)Nc2ccccc2C)CC1. The molecule has 2 aromatic carbocycles. The lowest BCUT2D eigenvalue weighted by Crippen LogP contribution is -2.49. The molecule has 2 aliphatic rings. The molecule has 2 fully saturated rings. The Morgan fingerprint density at radius 3 is 2.38 bits per heavy atom. The standard InChI is InChI=1S/C23H27N3O3/c1-16-7-3-4-8-19(16)24-22(27)17-15-18(17)23(28)26-13-11-25(12-14-26)20-9-5-6-10-21(20)29-2/h3-10,17-18H,11-15H2,1-2H3,(H,24,27). The molecule has 2 atom stereocenters. The van der Waals surface area contributed by atoms with Gasteiger partial charge in [-0.05, 0) is 37.1 Å². The number of methoxy groups -OCH3 is 1. The fraction of sp³-hybridized carbons (Fsp3) is 0.391. The molecule has 152 valence electrons. The van der Waals surface area contributed by atoms with E-state index in [1.54, 1.807) is 7.11 Å². The highest BCUT2D eigenvalue weighted by Gasteiger charge is 2.49. The van der Waals surface area contributed by atoms with Crippen LogP contribution < -0.4 is 15.0 Å². The second kappa shape index (κ2) is 8.15. The maximum Gasteiger partial charge on any atom is 0.228 e. The number of carbonyl (C=O) groups excluding carboxylic acids is 2. The van der Waals surface area contributed by atoms with Crippen molar-refractivity contribution < 1.29 is 14.3 Å². The van der Waals surface area contributed by atoms with Crippen molar-refractivity contribution in [3.63, 3.8) is 0 Å². The van der Waals surface area contributed by atoms with E-state index >= 15 is 0 Å². The number of benzene rings is 2. The van der Waals surface area contributed by atoms with E-state index in [9.17, 15) is 9.59 Å². The average molecular weight is 393 g/mol. The lowest BCUT2D eigenvalue weighted by molar-refractivity contribution is -0.134. The molecule has 0 spiro atoms. The maximum atomic E-state index is 12.9. The van der Waals surface area contributed by atoms with Crippen LogP contribution in [0.5, 0.6) is 5.75 Å². The van der Waals surface area contributed by atoms with Gasteiger partial charge in [0.25, 0.3) is 0 Å². The number of carbonyl (C=O) groups is 2. The van der Waals surface area contributed by atoms with E-state index in [1.165, 1.54) is 0 Å². The van der Waals surface area contributed by atoms with Crippen LogP contribution in [-0.2, 0) is 9.59 Å². The first-order chi connectivity index (χ1) is 14.1. The fourth-order valence-electron chi connectivity index (χ4n) is 3.99. The molecule has 1 aliphatic heterocycles. The smallest absolute Gasteiger partial charge is 0.228 e. The van der Waals surface area contributed by atoms with Gasteiger partial charge in [-0.15, -0.1) is 0 Å². The number of ether oxygens (including phenoxy) is 1. The molecule has 0 aromatic heterocycles. The number of aryl methyl sites for hydroxylation is 1. The zero-order valence-corrected chi connectivity index (χ0v) is 16.9. The van der Waals surface area contributed by atoms with Crippen molar-refractivity contribution in [3.05, 3.63) is 54.1 Å². The number of hydrogen-bond donors (Lipinski definition) is 1. The van der Waals surface area contributed by atoms with Gasteiger partial charge in [0.1, 0.15) is 5.75 Å². The molecular weight excluding hydrogens is 366 g/mol. The predicted octanol–water partition coefficient (Wildman–Crippen LogP) is 2.93. The molecule has 0 radical (unpaired) electrons. The summed E-state index contributed by atoms with van der Waals surface area (Å²) >= 11 is 0. The monoisotopic (exact) mass is 393 g/mol. The third kappa shape index (κ3) is 4.06. The summed E-state index contributed by atoms with van der Waals surface area (Å²) in [7, 11) is 1.67. The highest BCUT2D eigenvalue weighted by Crippen LogP contribution is 2.41. The minimum absolute atomic E-state index is 0.0506. The first-order valence-electron chi connectivity index (χ1n) is 10.1. The van der Waals surface area contributed by atoms with Crippen molar-refractivity contribution in [2.75, 3.05) is 43.5 Å². The van der Waals surface area contributed by atoms with Gasteiger partial charge in [0.2, 0.25) is 11.8 Å². The summed E-state index contributed by atoms with van der Waals surface area (Å²) < 4.78 is 5.45. The lowest BCUT2D eigenvalue weighted by Gasteiger charge is -2.36. The Bertz CT molecular complexity index is 906. The van der Waals surface area contributed by atoms with Gasteiger partial charge in [-0.25, -0.2) is 0 Å². The molecule has 6 heteroatoms. The highest BCUT2D eigenvalue weighted by molar-refractivity contribution is 6.00. The van der Waals surface area contributed by atoms with E-state index in [4.69, 9.17) is 4.74 Å². The number of rotatable bonds is 5. The number of hydrogen-bond acceptors (Lipinski definition) is 4. The Kier molecular flexibility index (Phi) is 5.43. The van der Waals surface area contributed by atoms with Gasteiger partial charge in [0.15, 0.2) is 0 Å². The van der Waals surface area contributed by atoms with Crippen LogP contribution in [0.4, 0.5) is 11.4 Å². The summed E-state index contributed by atoms with van der Waals surface area (Å²) in [5, 5.41) is 2.97. The molecule has 1 saturated carbocycles. The van der Waals surface area contributed by atoms with E-state index in [2.05, 4.69) is 10.2 Å². The molecule has 1 N–H and O–H groups in total. The third-order valence-electron chi connectivity index (χ3n) is 5.86. The molecule has 1 aliphatic carbocycles. The fourth-order valence-corrected chi connectivity index (χ4v) is 3.99. The minimum Gasteiger partial charge on any atom is -0.495 e. The van der Waals surface area contributed by atoms with Crippen LogP contribution in [0.25, 0.3) is 0 Å². The zero-order valence-electron chi connectivity index (χ0n) is 16.9. The normalized spacial score (nSPS) is 20.9. The van der Waals surface area contributed by atoms with Gasteiger partial charge in [-0.1, -0.05) is 30.3 Å². The summed E-state index contributed by atoms with van der Waals surface area (Å²) in [4.78, 5) is 29.5. The van der Waals surface area contributed by atoms with Crippen LogP contribution in [0.3, 0.4) is 0 Å². The summed E-state index contributed by atoms with van der Waals surface area (Å²) in [6, 6.07) is 15.7. The Hall–Kier alpha value is -3.02. The Balaban J connectivity index is 1.30. The van der Waals surface area contributed by atoms with Gasteiger partial charge in [-0.2, -0.15) is 0 Å². The van der Waals surface area contributed by atoms with Crippen LogP contribution in [-0.4, -0.2) is 50.0 Å². The molecular formula is C23H27N3O3. The molecule has 29 heavy (non-hydrogen) atoms. The van der Waals surface area contributed by atoms with Crippen molar-refractivity contribution in [1.82, 2.24) is 4.90 Å². The average Bonchev–Trinajstić information content (AvgIpc) is 3.56. The second-order valence-corrected chi connectivity index (χ2v) is 7.74. The summed E-state index contributed by atoms with van der Waals surface area (Å²) in [5.74, 6) is 0.508. The van der Waals surface area contributed by atoms with Gasteiger partial charge >= 0.3 is 0 Å². The first kappa shape index (κ1) is 19.3. The Labute approximate surface area is 171 Å². The number of piperazine rings is 1. The van der Waals surface area contributed by atoms with Gasteiger partial charge < -0.3 is 19.9 Å². The predicted molar refractivity (Wildman–Crippen MR) is 113 cm³/mol.